The number of hydrogen-bond acceptors (Lipinski definition) is 2. The third kappa shape index (κ3) is 3.03. The fourth-order valence-electron chi connectivity index (χ4n) is 1.42. The Morgan fingerprint density at radius 3 is 2.35 bits per heavy atom. The molecule has 0 fully saturated rings. The van der Waals surface area contributed by atoms with Crippen LogP contribution >= 0.6 is 0 Å². The molecule has 0 radical (unpaired) electrons. The molecule has 0 spiro atoms. The van der Waals surface area contributed by atoms with E-state index in [1.54, 1.807) is 0 Å². The fourth-order valence-corrected chi connectivity index (χ4v) is 1.42. The van der Waals surface area contributed by atoms with Crippen molar-refractivity contribution in [1.29, 1.82) is 0 Å². The Labute approximate surface area is 96.2 Å². The third-order valence-corrected chi connectivity index (χ3v) is 2.20. The maximum absolute atomic E-state index is 12.4. The summed E-state index contributed by atoms with van der Waals surface area (Å²) in [6.07, 6.45) is -2.99. The van der Waals surface area contributed by atoms with Crippen molar-refractivity contribution in [2.24, 2.45) is 0 Å². The monoisotopic (exact) mass is 238 g/mol. The first-order valence-electron chi connectivity index (χ1n) is 4.99. The van der Waals surface area contributed by atoms with Gasteiger partial charge in [0, 0.05) is 12.6 Å². The highest BCUT2D eigenvalue weighted by molar-refractivity contribution is 5.19. The van der Waals surface area contributed by atoms with E-state index in [2.05, 4.69) is 9.97 Å². The van der Waals surface area contributed by atoms with Gasteiger partial charge in [0.2, 0.25) is 0 Å². The summed E-state index contributed by atoms with van der Waals surface area (Å²) in [5, 5.41) is 0. The van der Waals surface area contributed by atoms with E-state index in [1.807, 2.05) is 30.3 Å². The van der Waals surface area contributed by atoms with E-state index in [0.717, 1.165) is 17.8 Å². The number of aromatic nitrogens is 2. The number of rotatable bonds is 2. The first-order chi connectivity index (χ1) is 8.05. The molecule has 0 saturated heterocycles. The molecule has 17 heavy (non-hydrogen) atoms. The number of halogens is 3. The predicted molar refractivity (Wildman–Crippen MR) is 56.3 cm³/mol. The van der Waals surface area contributed by atoms with Gasteiger partial charge in [-0.1, -0.05) is 30.3 Å². The van der Waals surface area contributed by atoms with Gasteiger partial charge in [-0.15, -0.1) is 0 Å². The highest BCUT2D eigenvalue weighted by Gasteiger charge is 2.32. The van der Waals surface area contributed by atoms with Crippen LogP contribution in [0.15, 0.2) is 42.6 Å². The maximum atomic E-state index is 12.4. The smallest absolute Gasteiger partial charge is 0.241 e. The normalized spacial score (nSPS) is 11.5. The van der Waals surface area contributed by atoms with Gasteiger partial charge in [0.05, 0.1) is 0 Å². The zero-order valence-corrected chi connectivity index (χ0v) is 8.78. The van der Waals surface area contributed by atoms with Crippen LogP contribution in [-0.4, -0.2) is 9.97 Å². The summed E-state index contributed by atoms with van der Waals surface area (Å²) in [7, 11) is 0. The molecule has 2 aromatic rings. The Bertz CT molecular complexity index is 495. The van der Waals surface area contributed by atoms with Crippen LogP contribution in [0.2, 0.25) is 0 Å². The lowest BCUT2D eigenvalue weighted by Crippen LogP contribution is -2.10. The van der Waals surface area contributed by atoms with Crippen LogP contribution in [0.25, 0.3) is 0 Å². The van der Waals surface area contributed by atoms with Crippen LogP contribution in [0.4, 0.5) is 13.2 Å². The van der Waals surface area contributed by atoms with Gasteiger partial charge >= 0.3 is 6.18 Å². The first kappa shape index (κ1) is 11.6. The molecule has 88 valence electrons. The lowest BCUT2D eigenvalue weighted by atomic mass is 10.1. The number of hydrogen-bond donors (Lipinski definition) is 0. The van der Waals surface area contributed by atoms with E-state index in [-0.39, 0.29) is 5.82 Å². The minimum atomic E-state index is -4.42. The molecule has 0 aliphatic rings. The highest BCUT2D eigenvalue weighted by atomic mass is 19.4. The van der Waals surface area contributed by atoms with Crippen LogP contribution in [0, 0.1) is 0 Å². The molecular weight excluding hydrogens is 229 g/mol. The van der Waals surface area contributed by atoms with E-state index >= 15 is 0 Å². The summed E-state index contributed by atoms with van der Waals surface area (Å²) < 4.78 is 37.2. The van der Waals surface area contributed by atoms with Crippen molar-refractivity contribution in [2.45, 2.75) is 12.6 Å². The molecule has 1 aromatic heterocycles. The lowest BCUT2D eigenvalue weighted by Gasteiger charge is -2.06. The number of alkyl halides is 3. The number of benzene rings is 1. The molecule has 0 atom stereocenters. The van der Waals surface area contributed by atoms with Crippen molar-refractivity contribution >= 4 is 0 Å². The third-order valence-electron chi connectivity index (χ3n) is 2.20. The van der Waals surface area contributed by atoms with Crippen LogP contribution < -0.4 is 0 Å². The number of nitrogens with zero attached hydrogens (tertiary/aromatic N) is 2. The van der Waals surface area contributed by atoms with Gasteiger partial charge in [-0.2, -0.15) is 13.2 Å². The van der Waals surface area contributed by atoms with Crippen molar-refractivity contribution < 1.29 is 13.2 Å². The highest BCUT2D eigenvalue weighted by Crippen LogP contribution is 2.27. The molecule has 0 aliphatic carbocycles. The van der Waals surface area contributed by atoms with Crippen molar-refractivity contribution in [3.05, 3.63) is 59.7 Å². The maximum Gasteiger partial charge on any atom is 0.433 e. The molecule has 0 unspecified atom stereocenters. The Morgan fingerprint density at radius 2 is 1.71 bits per heavy atom. The van der Waals surface area contributed by atoms with E-state index in [4.69, 9.17) is 0 Å². The van der Waals surface area contributed by atoms with Gasteiger partial charge in [-0.05, 0) is 11.6 Å². The standard InChI is InChI=1S/C12H9F3N2/c13-12(14,15)10-6-7-16-11(17-10)8-9-4-2-1-3-5-9/h1-7H,8H2. The van der Waals surface area contributed by atoms with Gasteiger partial charge in [0.1, 0.15) is 11.5 Å². The SMILES string of the molecule is FC(F)(F)c1ccnc(Cc2ccccc2)n1. The average Bonchev–Trinajstić information content (AvgIpc) is 2.29. The summed E-state index contributed by atoms with van der Waals surface area (Å²) in [5.74, 6) is 0.172. The second-order valence-electron chi connectivity index (χ2n) is 3.52. The molecule has 5 heteroatoms. The topological polar surface area (TPSA) is 25.8 Å². The molecule has 0 bridgehead atoms. The minimum Gasteiger partial charge on any atom is -0.241 e. The summed E-state index contributed by atoms with van der Waals surface area (Å²) in [6.45, 7) is 0. The fraction of sp³-hybridized carbons (Fsp3) is 0.167. The van der Waals surface area contributed by atoms with Gasteiger partial charge in [-0.25, -0.2) is 9.97 Å². The molecule has 0 aliphatic heterocycles. The summed E-state index contributed by atoms with van der Waals surface area (Å²) in [4.78, 5) is 7.34. The van der Waals surface area contributed by atoms with Crippen LogP contribution in [0.3, 0.4) is 0 Å². The predicted octanol–water partition coefficient (Wildman–Crippen LogP) is 3.09. The average molecular weight is 238 g/mol. The van der Waals surface area contributed by atoms with E-state index in [0.29, 0.717) is 6.42 Å². The molecule has 1 aromatic carbocycles. The largest absolute Gasteiger partial charge is 0.433 e. The van der Waals surface area contributed by atoms with E-state index in [1.165, 1.54) is 0 Å². The lowest BCUT2D eigenvalue weighted by molar-refractivity contribution is -0.141. The molecule has 1 heterocycles. The summed E-state index contributed by atoms with van der Waals surface area (Å²) in [6, 6.07) is 10.0. The van der Waals surface area contributed by atoms with Crippen LogP contribution in [0.5, 0.6) is 0 Å². The summed E-state index contributed by atoms with van der Waals surface area (Å²) in [5.41, 5.74) is -0.0229. The van der Waals surface area contributed by atoms with Crippen molar-refractivity contribution in [3.63, 3.8) is 0 Å². The Morgan fingerprint density at radius 1 is 1.00 bits per heavy atom. The van der Waals surface area contributed by atoms with Crippen molar-refractivity contribution in [2.75, 3.05) is 0 Å². The zero-order chi connectivity index (χ0) is 12.3. The van der Waals surface area contributed by atoms with Crippen molar-refractivity contribution in [1.82, 2.24) is 9.97 Å². The van der Waals surface area contributed by atoms with Crippen molar-refractivity contribution in [3.8, 4) is 0 Å². The molecule has 0 amide bonds. The van der Waals surface area contributed by atoms with Gasteiger partial charge in [-0.3, -0.25) is 0 Å². The molecular formula is C12H9F3N2. The van der Waals surface area contributed by atoms with Crippen LogP contribution in [-0.2, 0) is 12.6 Å². The second-order valence-corrected chi connectivity index (χ2v) is 3.52. The van der Waals surface area contributed by atoms with Gasteiger partial charge in [0.15, 0.2) is 0 Å². The molecule has 2 rings (SSSR count). The molecule has 0 N–H and O–H groups in total. The quantitative estimate of drug-likeness (QED) is 0.803. The second kappa shape index (κ2) is 4.53. The summed E-state index contributed by atoms with van der Waals surface area (Å²) >= 11 is 0. The van der Waals surface area contributed by atoms with E-state index < -0.39 is 11.9 Å². The first-order valence-corrected chi connectivity index (χ1v) is 4.99. The van der Waals surface area contributed by atoms with Crippen LogP contribution in [0.1, 0.15) is 17.1 Å². The van der Waals surface area contributed by atoms with E-state index in [9.17, 15) is 13.2 Å². The molecule has 0 saturated carbocycles. The van der Waals surface area contributed by atoms with Gasteiger partial charge < -0.3 is 0 Å². The Hall–Kier alpha value is -1.91. The molecule has 2 nitrogen and oxygen atoms in total. The zero-order valence-electron chi connectivity index (χ0n) is 8.78. The van der Waals surface area contributed by atoms with Gasteiger partial charge in [0.25, 0.3) is 0 Å². The Kier molecular flexibility index (Phi) is 3.08. The minimum absolute atomic E-state index is 0.172. The Balaban J connectivity index is 2.23.